The molecule has 0 aliphatic heterocycles. The summed E-state index contributed by atoms with van der Waals surface area (Å²) in [4.78, 5) is 47.0. The van der Waals surface area contributed by atoms with Crippen molar-refractivity contribution in [2.24, 2.45) is 0 Å². The fraction of sp³-hybridized carbons (Fsp3) is 0.545. The summed E-state index contributed by atoms with van der Waals surface area (Å²) < 4.78 is 20.4. The predicted octanol–water partition coefficient (Wildman–Crippen LogP) is 2.33. The Hall–Kier alpha value is -2.94. The van der Waals surface area contributed by atoms with Crippen LogP contribution in [0.4, 0.5) is 0 Å². The zero-order valence-corrected chi connectivity index (χ0v) is 18.5. The molecule has 0 radical (unpaired) electrons. The van der Waals surface area contributed by atoms with Crippen molar-refractivity contribution >= 4 is 23.9 Å². The van der Waals surface area contributed by atoms with Crippen molar-refractivity contribution in [1.29, 1.82) is 0 Å². The molecule has 1 atom stereocenters. The first-order chi connectivity index (χ1) is 14.8. The number of carbonyl (C=O) groups excluding carboxylic acids is 4. The van der Waals surface area contributed by atoms with Crippen LogP contribution in [0.2, 0.25) is 0 Å². The Morgan fingerprint density at radius 2 is 1.58 bits per heavy atom. The Kier molecular flexibility index (Phi) is 11.9. The molecule has 1 N–H and O–H groups in total. The third-order valence-corrected chi connectivity index (χ3v) is 4.17. The van der Waals surface area contributed by atoms with Crippen LogP contribution >= 0.6 is 0 Å². The molecule has 0 fully saturated rings. The van der Waals surface area contributed by atoms with Crippen LogP contribution in [0.15, 0.2) is 18.2 Å². The van der Waals surface area contributed by atoms with E-state index in [4.69, 9.17) is 18.9 Å². The van der Waals surface area contributed by atoms with Crippen LogP contribution in [0.1, 0.15) is 52.0 Å². The quantitative estimate of drug-likeness (QED) is 0.282. The summed E-state index contributed by atoms with van der Waals surface area (Å²) in [5.41, 5.74) is 0.654. The summed E-state index contributed by atoms with van der Waals surface area (Å²) in [6.07, 6.45) is 1.57. The number of nitrogens with one attached hydrogen (secondary N) is 1. The lowest BCUT2D eigenvalue weighted by Crippen LogP contribution is -2.41. The second-order valence-corrected chi connectivity index (χ2v) is 6.64. The first kappa shape index (κ1) is 26.1. The van der Waals surface area contributed by atoms with E-state index in [-0.39, 0.29) is 49.9 Å². The van der Waals surface area contributed by atoms with Gasteiger partial charge in [0.25, 0.3) is 0 Å². The van der Waals surface area contributed by atoms with E-state index >= 15 is 0 Å². The van der Waals surface area contributed by atoms with Gasteiger partial charge in [-0.1, -0.05) is 26.8 Å². The van der Waals surface area contributed by atoms with Crippen LogP contribution in [-0.4, -0.2) is 50.2 Å². The van der Waals surface area contributed by atoms with Crippen molar-refractivity contribution in [3.8, 4) is 11.5 Å². The summed E-state index contributed by atoms with van der Waals surface area (Å²) in [5, 5.41) is 3.00. The van der Waals surface area contributed by atoms with Gasteiger partial charge in [0.05, 0.1) is 7.11 Å². The average molecular weight is 437 g/mol. The van der Waals surface area contributed by atoms with E-state index in [1.807, 2.05) is 6.92 Å². The highest BCUT2D eigenvalue weighted by molar-refractivity contribution is 5.77. The van der Waals surface area contributed by atoms with Crippen molar-refractivity contribution in [3.05, 3.63) is 23.8 Å². The van der Waals surface area contributed by atoms with Gasteiger partial charge < -0.3 is 24.3 Å². The standard InChI is InChI=1S/C22H31NO8/c1-5-8-21(26)29-12-11-23-16(22(27)28-4)13-15-9-10-17(30-19(24)6-2)18(14-15)31-20(25)7-3/h9-10,14,16,23H,5-8,11-13H2,1-4H3/t16-/m0/s1. The lowest BCUT2D eigenvalue weighted by atomic mass is 10.1. The Labute approximate surface area is 182 Å². The van der Waals surface area contributed by atoms with Gasteiger partial charge >= 0.3 is 23.9 Å². The Morgan fingerprint density at radius 3 is 2.16 bits per heavy atom. The monoisotopic (exact) mass is 437 g/mol. The van der Waals surface area contributed by atoms with E-state index in [0.29, 0.717) is 18.4 Å². The van der Waals surface area contributed by atoms with E-state index in [2.05, 4.69) is 5.32 Å². The molecule has 0 unspecified atom stereocenters. The molecule has 0 aromatic heterocycles. The van der Waals surface area contributed by atoms with E-state index < -0.39 is 23.9 Å². The molecule has 0 heterocycles. The van der Waals surface area contributed by atoms with Gasteiger partial charge in [0.2, 0.25) is 0 Å². The molecule has 0 aliphatic rings. The zero-order valence-electron chi connectivity index (χ0n) is 18.5. The van der Waals surface area contributed by atoms with Gasteiger partial charge in [0.1, 0.15) is 12.6 Å². The predicted molar refractivity (Wildman–Crippen MR) is 112 cm³/mol. The molecular weight excluding hydrogens is 406 g/mol. The summed E-state index contributed by atoms with van der Waals surface area (Å²) in [6, 6.07) is 4.02. The molecule has 9 heteroatoms. The van der Waals surface area contributed by atoms with Crippen LogP contribution in [-0.2, 0) is 35.1 Å². The molecule has 0 spiro atoms. The molecule has 0 saturated heterocycles. The summed E-state index contributed by atoms with van der Waals surface area (Å²) in [7, 11) is 1.28. The third kappa shape index (κ3) is 9.61. The molecule has 1 rings (SSSR count). The summed E-state index contributed by atoms with van der Waals surface area (Å²) >= 11 is 0. The topological polar surface area (TPSA) is 117 Å². The Bertz CT molecular complexity index is 762. The van der Waals surface area contributed by atoms with Gasteiger partial charge in [0.15, 0.2) is 11.5 Å². The zero-order chi connectivity index (χ0) is 23.2. The minimum Gasteiger partial charge on any atom is -0.468 e. The second kappa shape index (κ2) is 14.1. The second-order valence-electron chi connectivity index (χ2n) is 6.64. The van der Waals surface area contributed by atoms with Crippen LogP contribution < -0.4 is 14.8 Å². The van der Waals surface area contributed by atoms with Crippen LogP contribution in [0.5, 0.6) is 11.5 Å². The highest BCUT2D eigenvalue weighted by Crippen LogP contribution is 2.30. The van der Waals surface area contributed by atoms with Crippen molar-refractivity contribution in [2.45, 2.75) is 58.9 Å². The number of benzene rings is 1. The molecule has 0 saturated carbocycles. The van der Waals surface area contributed by atoms with Gasteiger partial charge in [-0.05, 0) is 30.5 Å². The van der Waals surface area contributed by atoms with Crippen molar-refractivity contribution < 1.29 is 38.1 Å². The molecule has 172 valence electrons. The molecular formula is C22H31NO8. The van der Waals surface area contributed by atoms with E-state index in [1.54, 1.807) is 26.0 Å². The fourth-order valence-electron chi connectivity index (χ4n) is 2.52. The molecule has 31 heavy (non-hydrogen) atoms. The Morgan fingerprint density at radius 1 is 0.935 bits per heavy atom. The Balaban J connectivity index is 2.90. The molecule has 1 aromatic rings. The van der Waals surface area contributed by atoms with Crippen molar-refractivity contribution in [3.63, 3.8) is 0 Å². The first-order valence-corrected chi connectivity index (χ1v) is 10.4. The SMILES string of the molecule is CCCC(=O)OCCN[C@@H](Cc1ccc(OC(=O)CC)c(OC(=O)CC)c1)C(=O)OC. The number of hydrogen-bond donors (Lipinski definition) is 1. The normalized spacial score (nSPS) is 11.4. The minimum absolute atomic E-state index is 0.100. The molecule has 0 amide bonds. The van der Waals surface area contributed by atoms with Gasteiger partial charge in [0, 0.05) is 25.8 Å². The fourth-order valence-corrected chi connectivity index (χ4v) is 2.52. The van der Waals surface area contributed by atoms with Gasteiger partial charge in [-0.3, -0.25) is 19.2 Å². The highest BCUT2D eigenvalue weighted by atomic mass is 16.6. The van der Waals surface area contributed by atoms with Crippen LogP contribution in [0.25, 0.3) is 0 Å². The van der Waals surface area contributed by atoms with Gasteiger partial charge in [-0.15, -0.1) is 0 Å². The highest BCUT2D eigenvalue weighted by Gasteiger charge is 2.21. The maximum absolute atomic E-state index is 12.2. The number of hydrogen-bond acceptors (Lipinski definition) is 9. The maximum Gasteiger partial charge on any atom is 0.323 e. The largest absolute Gasteiger partial charge is 0.468 e. The number of esters is 4. The third-order valence-electron chi connectivity index (χ3n) is 4.17. The summed E-state index contributed by atoms with van der Waals surface area (Å²) in [5.74, 6) is -1.51. The minimum atomic E-state index is -0.714. The van der Waals surface area contributed by atoms with Crippen molar-refractivity contribution in [2.75, 3.05) is 20.3 Å². The lowest BCUT2D eigenvalue weighted by molar-refractivity contribution is -0.144. The van der Waals surface area contributed by atoms with Crippen molar-refractivity contribution in [1.82, 2.24) is 5.32 Å². The molecule has 0 aliphatic carbocycles. The summed E-state index contributed by atoms with van der Waals surface area (Å²) in [6.45, 7) is 5.57. The van der Waals surface area contributed by atoms with Gasteiger partial charge in [-0.2, -0.15) is 0 Å². The number of carbonyl (C=O) groups is 4. The van der Waals surface area contributed by atoms with E-state index in [0.717, 1.165) is 0 Å². The molecule has 1 aromatic carbocycles. The van der Waals surface area contributed by atoms with Gasteiger partial charge in [-0.25, -0.2) is 0 Å². The number of rotatable bonds is 13. The van der Waals surface area contributed by atoms with Crippen LogP contribution in [0, 0.1) is 0 Å². The number of ether oxygens (including phenoxy) is 4. The van der Waals surface area contributed by atoms with Crippen LogP contribution in [0.3, 0.4) is 0 Å². The average Bonchev–Trinajstić information content (AvgIpc) is 2.76. The maximum atomic E-state index is 12.2. The molecule has 9 nitrogen and oxygen atoms in total. The van der Waals surface area contributed by atoms with E-state index in [9.17, 15) is 19.2 Å². The lowest BCUT2D eigenvalue weighted by Gasteiger charge is -2.18. The first-order valence-electron chi connectivity index (χ1n) is 10.4. The van der Waals surface area contributed by atoms with E-state index in [1.165, 1.54) is 13.2 Å². The smallest absolute Gasteiger partial charge is 0.323 e. The molecule has 0 bridgehead atoms. The number of methoxy groups -OCH3 is 1.